The predicted molar refractivity (Wildman–Crippen MR) is 213 cm³/mol. The van der Waals surface area contributed by atoms with Gasteiger partial charge in [0.2, 0.25) is 0 Å². The molecule has 0 N–H and O–H groups in total. The van der Waals surface area contributed by atoms with Gasteiger partial charge < -0.3 is 19.1 Å². The number of hydrogen-bond acceptors (Lipinski definition) is 4. The van der Waals surface area contributed by atoms with Crippen molar-refractivity contribution in [2.45, 2.75) is 70.9 Å². The standard InChI is InChI=1S/C28H22NO2.C18H22NSi.Ir/c1-30-25-9-5-4-7-21(25)19-10-12-23-24-16-20(11-13-26(24)31-27(23)17-19)28-22-8-3-2-6-18(22)14-15-29-28;1-20(2,3)15-11-12-18(19-13-15)17-10-6-8-14-7-4-5-9-16(14)17;/h4-5,7,9-10,12-17H,2-3,6,8H2,1H3;6,8,11-13H,4-5,7,9H2,1-3H3;/q2*-1;/i6D2,8D2;;. The molecule has 7 aromatic rings. The van der Waals surface area contributed by atoms with Crippen LogP contribution in [0.4, 0.5) is 0 Å². The van der Waals surface area contributed by atoms with E-state index in [1.807, 2.05) is 48.5 Å². The smallest absolute Gasteiger partial charge is 0.126 e. The minimum absolute atomic E-state index is 0. The molecule has 4 nitrogen and oxygen atoms in total. The van der Waals surface area contributed by atoms with Gasteiger partial charge in [-0.2, -0.15) is 0 Å². The Bertz CT molecular complexity index is 2550. The quantitative estimate of drug-likeness (QED) is 0.128. The number of aryl methyl sites for hydroxylation is 2. The summed E-state index contributed by atoms with van der Waals surface area (Å²) >= 11 is 0. The molecule has 0 amide bonds. The van der Waals surface area contributed by atoms with E-state index in [0.717, 1.165) is 38.9 Å². The molecular formula is C46H44IrN2O2Si-2. The molecule has 3 heterocycles. The predicted octanol–water partition coefficient (Wildman–Crippen LogP) is 11.0. The Hall–Kier alpha value is -4.35. The molecule has 0 bridgehead atoms. The molecule has 1 radical (unpaired) electrons. The van der Waals surface area contributed by atoms with E-state index in [2.05, 4.69) is 67.2 Å². The van der Waals surface area contributed by atoms with Crippen LogP contribution in [0.3, 0.4) is 0 Å². The van der Waals surface area contributed by atoms with Gasteiger partial charge in [-0.3, -0.25) is 0 Å². The molecule has 9 rings (SSSR count). The van der Waals surface area contributed by atoms with E-state index in [1.54, 1.807) is 25.4 Å². The summed E-state index contributed by atoms with van der Waals surface area (Å²) in [6, 6.07) is 34.5. The van der Waals surface area contributed by atoms with E-state index >= 15 is 0 Å². The number of hydrogen-bond donors (Lipinski definition) is 0. The molecule has 52 heavy (non-hydrogen) atoms. The van der Waals surface area contributed by atoms with Crippen molar-refractivity contribution in [2.75, 3.05) is 7.11 Å². The maximum Gasteiger partial charge on any atom is 0.126 e. The summed E-state index contributed by atoms with van der Waals surface area (Å²) in [5, 5.41) is 3.22. The van der Waals surface area contributed by atoms with Crippen molar-refractivity contribution in [1.29, 1.82) is 0 Å². The monoisotopic (exact) mass is 881 g/mol. The molecule has 2 aliphatic rings. The second-order valence-electron chi connectivity index (χ2n) is 14.3. The van der Waals surface area contributed by atoms with Crippen LogP contribution in [0, 0.1) is 12.1 Å². The van der Waals surface area contributed by atoms with Crippen molar-refractivity contribution in [3.05, 3.63) is 132 Å². The molecule has 6 heteroatoms. The first-order valence-corrected chi connectivity index (χ1v) is 21.4. The summed E-state index contributed by atoms with van der Waals surface area (Å²) < 4.78 is 45.7. The first-order valence-electron chi connectivity index (χ1n) is 19.9. The van der Waals surface area contributed by atoms with Gasteiger partial charge in [0.05, 0.1) is 20.8 Å². The number of pyridine rings is 2. The van der Waals surface area contributed by atoms with Gasteiger partial charge in [-0.25, -0.2) is 0 Å². The first-order chi connectivity index (χ1) is 26.3. The van der Waals surface area contributed by atoms with Gasteiger partial charge in [0.15, 0.2) is 0 Å². The molecule has 0 spiro atoms. The third-order valence-corrected chi connectivity index (χ3v) is 12.0. The third-order valence-electron chi connectivity index (χ3n) is 9.98. The fourth-order valence-corrected chi connectivity index (χ4v) is 8.25. The molecule has 0 saturated carbocycles. The van der Waals surface area contributed by atoms with E-state index in [4.69, 9.17) is 19.6 Å². The molecule has 0 atom stereocenters. The topological polar surface area (TPSA) is 48.2 Å². The van der Waals surface area contributed by atoms with Crippen LogP contribution in [0.2, 0.25) is 19.6 Å². The van der Waals surface area contributed by atoms with Crippen LogP contribution in [-0.4, -0.2) is 25.2 Å². The summed E-state index contributed by atoms with van der Waals surface area (Å²) in [5.41, 5.74) is 10.4. The van der Waals surface area contributed by atoms with Crippen molar-refractivity contribution < 1.29 is 34.7 Å². The normalized spacial score (nSPS) is 16.8. The number of para-hydroxylation sites is 1. The van der Waals surface area contributed by atoms with Gasteiger partial charge in [-0.05, 0) is 72.3 Å². The van der Waals surface area contributed by atoms with Gasteiger partial charge in [-0.15, -0.1) is 58.7 Å². The molecule has 0 fully saturated rings. The van der Waals surface area contributed by atoms with Crippen LogP contribution in [0.5, 0.6) is 5.75 Å². The number of aromatic nitrogens is 2. The number of fused-ring (bicyclic) bond motifs is 5. The Labute approximate surface area is 327 Å². The number of methoxy groups -OCH3 is 1. The SMILES string of the molecule is C[Si](C)(C)c1ccc(-c2[c-]ccc3c2CCCC3)nc1.[2H]C1([2H])CCC([2H])([2H])c2c1ccnc2-c1[c-]cc2oc3cc(-c4ccccc4OC)ccc3c2c1.[Ir]. The van der Waals surface area contributed by atoms with E-state index < -0.39 is 20.8 Å². The van der Waals surface area contributed by atoms with Crippen molar-refractivity contribution in [2.24, 2.45) is 0 Å². The maximum atomic E-state index is 8.59. The van der Waals surface area contributed by atoms with Gasteiger partial charge in [0.1, 0.15) is 11.3 Å². The van der Waals surface area contributed by atoms with Gasteiger partial charge in [-0.1, -0.05) is 97.9 Å². The van der Waals surface area contributed by atoms with Crippen LogP contribution in [0.25, 0.3) is 55.6 Å². The minimum Gasteiger partial charge on any atom is -0.500 e. The van der Waals surface area contributed by atoms with Crippen LogP contribution in [-0.2, 0) is 45.7 Å². The molecule has 0 saturated heterocycles. The van der Waals surface area contributed by atoms with Crippen LogP contribution < -0.4 is 9.92 Å². The Kier molecular flexibility index (Phi) is 9.19. The molecule has 0 aliphatic heterocycles. The van der Waals surface area contributed by atoms with E-state index in [1.165, 1.54) is 47.6 Å². The zero-order valence-corrected chi connectivity index (χ0v) is 33.4. The second-order valence-corrected chi connectivity index (χ2v) is 19.4. The fourth-order valence-electron chi connectivity index (χ4n) is 7.21. The summed E-state index contributed by atoms with van der Waals surface area (Å²) in [4.78, 5) is 9.21. The van der Waals surface area contributed by atoms with Crippen LogP contribution in [0.1, 0.15) is 53.4 Å². The number of rotatable bonds is 5. The molecule has 3 aromatic heterocycles. The Morgan fingerprint density at radius 2 is 1.63 bits per heavy atom. The van der Waals surface area contributed by atoms with Gasteiger partial charge >= 0.3 is 0 Å². The van der Waals surface area contributed by atoms with Crippen molar-refractivity contribution >= 4 is 35.2 Å². The summed E-state index contributed by atoms with van der Waals surface area (Å²) in [6.07, 6.45) is 5.62. The largest absolute Gasteiger partial charge is 0.500 e. The van der Waals surface area contributed by atoms with Crippen molar-refractivity contribution in [3.8, 4) is 39.4 Å². The van der Waals surface area contributed by atoms with E-state index in [0.29, 0.717) is 28.0 Å². The zero-order chi connectivity index (χ0) is 38.5. The average molecular weight is 881 g/mol. The number of benzene rings is 4. The van der Waals surface area contributed by atoms with Crippen molar-refractivity contribution in [3.63, 3.8) is 0 Å². The third kappa shape index (κ3) is 7.17. The minimum atomic E-state index is -1.67. The summed E-state index contributed by atoms with van der Waals surface area (Å²) in [7, 11) is 0.395. The molecule has 0 unspecified atom stereocenters. The number of nitrogens with zero attached hydrogens (tertiary/aromatic N) is 2. The van der Waals surface area contributed by atoms with Gasteiger partial charge in [0.25, 0.3) is 0 Å². The fraction of sp³-hybridized carbons (Fsp3) is 0.261. The molecule has 2 aliphatic carbocycles. The van der Waals surface area contributed by atoms with Crippen LogP contribution in [0.15, 0.2) is 102 Å². The summed E-state index contributed by atoms with van der Waals surface area (Å²) in [6.45, 7) is 7.08. The molecule has 265 valence electrons. The average Bonchev–Trinajstić information content (AvgIpc) is 3.56. The molecular weight excluding hydrogens is 833 g/mol. The maximum absolute atomic E-state index is 8.59. The Morgan fingerprint density at radius 3 is 2.46 bits per heavy atom. The second kappa shape index (κ2) is 15.3. The van der Waals surface area contributed by atoms with E-state index in [9.17, 15) is 0 Å². The van der Waals surface area contributed by atoms with Crippen LogP contribution >= 0.6 is 0 Å². The molecule has 4 aromatic carbocycles. The zero-order valence-electron chi connectivity index (χ0n) is 34.0. The summed E-state index contributed by atoms with van der Waals surface area (Å²) in [5.74, 6) is 0.785. The Balaban J connectivity index is 0.000000195. The first kappa shape index (κ1) is 31.2. The number of furan rings is 1. The van der Waals surface area contributed by atoms with Crippen molar-refractivity contribution in [1.82, 2.24) is 9.97 Å². The Morgan fingerprint density at radius 1 is 0.788 bits per heavy atom. The van der Waals surface area contributed by atoms with E-state index in [-0.39, 0.29) is 32.9 Å². The number of ether oxygens (including phenoxy) is 1. The van der Waals surface area contributed by atoms with Gasteiger partial charge in [0, 0.05) is 48.9 Å².